The predicted octanol–water partition coefficient (Wildman–Crippen LogP) is 1.84. The van der Waals surface area contributed by atoms with Gasteiger partial charge in [0.05, 0.1) is 6.10 Å². The summed E-state index contributed by atoms with van der Waals surface area (Å²) >= 11 is 0. The van der Waals surface area contributed by atoms with Crippen molar-refractivity contribution in [2.75, 3.05) is 0 Å². The Labute approximate surface area is 73.0 Å². The van der Waals surface area contributed by atoms with Crippen LogP contribution in [0.1, 0.15) is 23.1 Å². The van der Waals surface area contributed by atoms with Gasteiger partial charge in [0, 0.05) is 0 Å². The second-order valence-electron chi connectivity index (χ2n) is 3.61. The number of benzene rings is 1. The van der Waals surface area contributed by atoms with Crippen LogP contribution in [-0.2, 0) is 12.8 Å². The molecule has 0 spiro atoms. The number of aliphatic hydroxyl groups is 1. The molecule has 0 heterocycles. The van der Waals surface area contributed by atoms with Gasteiger partial charge in [-0.15, -0.1) is 0 Å². The highest BCUT2D eigenvalue weighted by Crippen LogP contribution is 2.23. The first-order valence-electron chi connectivity index (χ1n) is 4.53. The van der Waals surface area contributed by atoms with Gasteiger partial charge in [-0.25, -0.2) is 0 Å². The zero-order chi connectivity index (χ0) is 8.55. The maximum Gasteiger partial charge on any atom is 0.0583 e. The lowest BCUT2D eigenvalue weighted by Crippen LogP contribution is -2.19. The minimum Gasteiger partial charge on any atom is -0.393 e. The van der Waals surface area contributed by atoms with Crippen LogP contribution < -0.4 is 0 Å². The Morgan fingerprint density at radius 3 is 3.08 bits per heavy atom. The van der Waals surface area contributed by atoms with E-state index < -0.39 is 0 Å². The summed E-state index contributed by atoms with van der Waals surface area (Å²) < 4.78 is 0. The van der Waals surface area contributed by atoms with Crippen LogP contribution in [0.5, 0.6) is 0 Å². The Balaban J connectivity index is 2.43. The van der Waals surface area contributed by atoms with E-state index in [2.05, 4.69) is 25.1 Å². The summed E-state index contributed by atoms with van der Waals surface area (Å²) in [7, 11) is 0. The van der Waals surface area contributed by atoms with Gasteiger partial charge < -0.3 is 5.11 Å². The lowest BCUT2D eigenvalue weighted by Gasteiger charge is -2.21. The molecule has 1 N–H and O–H groups in total. The van der Waals surface area contributed by atoms with Gasteiger partial charge in [-0.3, -0.25) is 0 Å². The van der Waals surface area contributed by atoms with E-state index in [1.165, 1.54) is 16.7 Å². The van der Waals surface area contributed by atoms with E-state index in [1.807, 2.05) is 0 Å². The third-order valence-electron chi connectivity index (χ3n) is 2.69. The molecule has 64 valence electrons. The Bertz CT molecular complexity index is 291. The van der Waals surface area contributed by atoms with Crippen LogP contribution in [0.15, 0.2) is 18.2 Å². The molecule has 1 aliphatic carbocycles. The fourth-order valence-electron chi connectivity index (χ4n) is 1.95. The minimum atomic E-state index is -0.112. The molecule has 0 amide bonds. The van der Waals surface area contributed by atoms with E-state index in [4.69, 9.17) is 0 Å². The Kier molecular flexibility index (Phi) is 1.89. The van der Waals surface area contributed by atoms with Gasteiger partial charge in [0.25, 0.3) is 0 Å². The quantitative estimate of drug-likeness (QED) is 0.617. The normalized spacial score (nSPS) is 22.0. The summed E-state index contributed by atoms with van der Waals surface area (Å²) in [6.07, 6.45) is 2.70. The number of hydrogen-bond acceptors (Lipinski definition) is 1. The van der Waals surface area contributed by atoms with Gasteiger partial charge in [-0.2, -0.15) is 0 Å². The minimum absolute atomic E-state index is 0.112. The first-order valence-corrected chi connectivity index (χ1v) is 4.53. The Hall–Kier alpha value is -0.820. The molecule has 0 saturated heterocycles. The van der Waals surface area contributed by atoms with Crippen molar-refractivity contribution in [3.63, 3.8) is 0 Å². The summed E-state index contributed by atoms with van der Waals surface area (Å²) in [5.74, 6) is 0. The molecule has 0 aliphatic heterocycles. The standard InChI is InChI=1S/C11H14O/c1-8-3-2-4-9-5-6-10(12)7-11(8)9/h2-4,10,12H,5-7H2,1H3/t10-/m0/s1. The number of aliphatic hydroxyl groups excluding tert-OH is 1. The lowest BCUT2D eigenvalue weighted by molar-refractivity contribution is 0.158. The van der Waals surface area contributed by atoms with Crippen LogP contribution in [0.25, 0.3) is 0 Å². The molecule has 1 heteroatoms. The van der Waals surface area contributed by atoms with Crippen molar-refractivity contribution in [2.24, 2.45) is 0 Å². The molecule has 2 rings (SSSR count). The van der Waals surface area contributed by atoms with E-state index >= 15 is 0 Å². The molecule has 1 aromatic carbocycles. The lowest BCUT2D eigenvalue weighted by atomic mass is 9.87. The van der Waals surface area contributed by atoms with Crippen molar-refractivity contribution in [3.8, 4) is 0 Å². The molecule has 0 bridgehead atoms. The van der Waals surface area contributed by atoms with Crippen LogP contribution in [0.4, 0.5) is 0 Å². The van der Waals surface area contributed by atoms with Crippen molar-refractivity contribution in [3.05, 3.63) is 34.9 Å². The van der Waals surface area contributed by atoms with E-state index in [1.54, 1.807) is 0 Å². The number of aryl methyl sites for hydroxylation is 2. The van der Waals surface area contributed by atoms with Crippen LogP contribution in [0.3, 0.4) is 0 Å². The largest absolute Gasteiger partial charge is 0.393 e. The van der Waals surface area contributed by atoms with Gasteiger partial charge in [-0.05, 0) is 42.9 Å². The van der Waals surface area contributed by atoms with Crippen LogP contribution in [-0.4, -0.2) is 11.2 Å². The highest BCUT2D eigenvalue weighted by Gasteiger charge is 2.16. The van der Waals surface area contributed by atoms with Crippen LogP contribution in [0, 0.1) is 6.92 Å². The fraction of sp³-hybridized carbons (Fsp3) is 0.455. The second-order valence-corrected chi connectivity index (χ2v) is 3.61. The first-order chi connectivity index (χ1) is 5.77. The molecule has 1 nitrogen and oxygen atoms in total. The predicted molar refractivity (Wildman–Crippen MR) is 49.2 cm³/mol. The van der Waals surface area contributed by atoms with E-state index in [0.29, 0.717) is 0 Å². The van der Waals surface area contributed by atoms with Gasteiger partial charge in [0.2, 0.25) is 0 Å². The summed E-state index contributed by atoms with van der Waals surface area (Å²) in [6, 6.07) is 6.40. The summed E-state index contributed by atoms with van der Waals surface area (Å²) in [4.78, 5) is 0. The van der Waals surface area contributed by atoms with Crippen LogP contribution >= 0.6 is 0 Å². The molecule has 0 aromatic heterocycles. The third-order valence-corrected chi connectivity index (χ3v) is 2.69. The molecule has 1 aromatic rings. The average molecular weight is 162 g/mol. The molecule has 0 saturated carbocycles. The van der Waals surface area contributed by atoms with Crippen molar-refractivity contribution < 1.29 is 5.11 Å². The zero-order valence-electron chi connectivity index (χ0n) is 7.38. The van der Waals surface area contributed by atoms with Crippen molar-refractivity contribution in [1.82, 2.24) is 0 Å². The zero-order valence-corrected chi connectivity index (χ0v) is 7.38. The van der Waals surface area contributed by atoms with Gasteiger partial charge in [-0.1, -0.05) is 18.2 Å². The van der Waals surface area contributed by atoms with Gasteiger partial charge in [0.1, 0.15) is 0 Å². The molecule has 12 heavy (non-hydrogen) atoms. The molecular formula is C11H14O. The molecule has 0 unspecified atom stereocenters. The molecule has 0 fully saturated rings. The third kappa shape index (κ3) is 1.25. The van der Waals surface area contributed by atoms with Crippen molar-refractivity contribution >= 4 is 0 Å². The molecule has 0 radical (unpaired) electrons. The summed E-state index contributed by atoms with van der Waals surface area (Å²) in [5, 5.41) is 9.48. The summed E-state index contributed by atoms with van der Waals surface area (Å²) in [6.45, 7) is 2.12. The topological polar surface area (TPSA) is 20.2 Å². The van der Waals surface area contributed by atoms with Crippen molar-refractivity contribution in [2.45, 2.75) is 32.3 Å². The monoisotopic (exact) mass is 162 g/mol. The molecule has 1 atom stereocenters. The Morgan fingerprint density at radius 2 is 2.25 bits per heavy atom. The summed E-state index contributed by atoms with van der Waals surface area (Å²) in [5.41, 5.74) is 4.13. The van der Waals surface area contributed by atoms with E-state index in [-0.39, 0.29) is 6.10 Å². The molecule has 1 aliphatic rings. The fourth-order valence-corrected chi connectivity index (χ4v) is 1.95. The maximum absolute atomic E-state index is 9.48. The van der Waals surface area contributed by atoms with Crippen LogP contribution in [0.2, 0.25) is 0 Å². The average Bonchev–Trinajstić information content (AvgIpc) is 2.07. The number of fused-ring (bicyclic) bond motifs is 1. The SMILES string of the molecule is Cc1cccc2c1C[C@@H](O)CC2. The first kappa shape index (κ1) is 7.81. The maximum atomic E-state index is 9.48. The highest BCUT2D eigenvalue weighted by atomic mass is 16.3. The number of rotatable bonds is 0. The Morgan fingerprint density at radius 1 is 1.42 bits per heavy atom. The van der Waals surface area contributed by atoms with Gasteiger partial charge >= 0.3 is 0 Å². The van der Waals surface area contributed by atoms with E-state index in [0.717, 1.165) is 19.3 Å². The number of hydrogen-bond donors (Lipinski definition) is 1. The second kappa shape index (κ2) is 2.91. The molecular weight excluding hydrogens is 148 g/mol. The van der Waals surface area contributed by atoms with Gasteiger partial charge in [0.15, 0.2) is 0 Å². The van der Waals surface area contributed by atoms with Crippen molar-refractivity contribution in [1.29, 1.82) is 0 Å². The highest BCUT2D eigenvalue weighted by molar-refractivity contribution is 5.36. The smallest absolute Gasteiger partial charge is 0.0583 e. The van der Waals surface area contributed by atoms with E-state index in [9.17, 15) is 5.11 Å².